The lowest BCUT2D eigenvalue weighted by atomic mass is 10.3. The highest BCUT2D eigenvalue weighted by Crippen LogP contribution is 2.28. The highest BCUT2D eigenvalue weighted by atomic mass is 35.5. The topological polar surface area (TPSA) is 68.1 Å². The van der Waals surface area contributed by atoms with Crippen molar-refractivity contribution in [1.29, 1.82) is 0 Å². The van der Waals surface area contributed by atoms with Crippen molar-refractivity contribution in [1.82, 2.24) is 19.3 Å². The summed E-state index contributed by atoms with van der Waals surface area (Å²) >= 11 is 5.66. The molecule has 1 fully saturated rings. The van der Waals surface area contributed by atoms with E-state index in [2.05, 4.69) is 10.3 Å². The molecule has 1 aromatic heterocycles. The molecule has 1 unspecified atom stereocenters. The van der Waals surface area contributed by atoms with E-state index in [9.17, 15) is 12.8 Å². The largest absolute Gasteiger partial charge is 0.248 e. The molecule has 0 saturated carbocycles. The van der Waals surface area contributed by atoms with E-state index in [1.807, 2.05) is 0 Å². The molecule has 1 aromatic carbocycles. The molecule has 9 heteroatoms. The van der Waals surface area contributed by atoms with E-state index < -0.39 is 15.8 Å². The van der Waals surface area contributed by atoms with Gasteiger partial charge in [-0.2, -0.15) is 4.31 Å². The Morgan fingerprint density at radius 1 is 1.38 bits per heavy atom. The van der Waals surface area contributed by atoms with Gasteiger partial charge in [-0.15, -0.1) is 5.10 Å². The third-order valence-electron chi connectivity index (χ3n) is 3.47. The van der Waals surface area contributed by atoms with Crippen LogP contribution in [0.15, 0.2) is 35.5 Å². The number of rotatable bonds is 3. The van der Waals surface area contributed by atoms with Gasteiger partial charge in [0.25, 0.3) is 0 Å². The van der Waals surface area contributed by atoms with Crippen molar-refractivity contribution in [3.63, 3.8) is 0 Å². The van der Waals surface area contributed by atoms with Crippen LogP contribution in [0.3, 0.4) is 0 Å². The van der Waals surface area contributed by atoms with E-state index in [1.165, 1.54) is 10.4 Å². The van der Waals surface area contributed by atoms with E-state index >= 15 is 0 Å². The van der Waals surface area contributed by atoms with Crippen LogP contribution in [0.4, 0.5) is 4.39 Å². The van der Waals surface area contributed by atoms with Crippen molar-refractivity contribution in [2.75, 3.05) is 13.1 Å². The molecule has 1 atom stereocenters. The zero-order valence-electron chi connectivity index (χ0n) is 10.9. The summed E-state index contributed by atoms with van der Waals surface area (Å²) in [4.78, 5) is -0.00635. The standard InChI is InChI=1S/C12H12ClFN4O2S/c13-11-7-10(1-2-12(11)14)21(19,20)17-5-3-9(8-17)18-6-4-15-16-18/h1-2,4,6-7,9H,3,5,8H2. The normalized spacial score (nSPS) is 20.0. The van der Waals surface area contributed by atoms with Crippen LogP contribution in [0.25, 0.3) is 0 Å². The second kappa shape index (κ2) is 5.36. The fourth-order valence-corrected chi connectivity index (χ4v) is 4.11. The maximum Gasteiger partial charge on any atom is 0.243 e. The Balaban J connectivity index is 1.84. The minimum atomic E-state index is -3.68. The van der Waals surface area contributed by atoms with Gasteiger partial charge in [-0.1, -0.05) is 16.8 Å². The predicted molar refractivity (Wildman–Crippen MR) is 73.8 cm³/mol. The summed E-state index contributed by atoms with van der Waals surface area (Å²) in [5, 5.41) is 7.40. The second-order valence-electron chi connectivity index (χ2n) is 4.76. The lowest BCUT2D eigenvalue weighted by Crippen LogP contribution is -2.29. The minimum Gasteiger partial charge on any atom is -0.248 e. The first kappa shape index (κ1) is 14.4. The third-order valence-corrected chi connectivity index (χ3v) is 5.62. The molecule has 112 valence electrons. The Bertz CT molecular complexity index is 751. The maximum absolute atomic E-state index is 13.2. The number of benzene rings is 1. The first-order valence-electron chi connectivity index (χ1n) is 6.29. The average Bonchev–Trinajstić information content (AvgIpc) is 3.11. The number of hydrogen-bond donors (Lipinski definition) is 0. The quantitative estimate of drug-likeness (QED) is 0.859. The Hall–Kier alpha value is -1.51. The van der Waals surface area contributed by atoms with Gasteiger partial charge in [0, 0.05) is 19.3 Å². The molecule has 21 heavy (non-hydrogen) atoms. The molecule has 1 aliphatic rings. The number of nitrogens with zero attached hydrogens (tertiary/aromatic N) is 4. The number of halogens is 2. The minimum absolute atomic E-state index is 0.00635. The molecule has 0 radical (unpaired) electrons. The van der Waals surface area contributed by atoms with Crippen molar-refractivity contribution in [2.45, 2.75) is 17.4 Å². The summed E-state index contributed by atoms with van der Waals surface area (Å²) in [6.07, 6.45) is 3.91. The van der Waals surface area contributed by atoms with Gasteiger partial charge in [0.05, 0.1) is 22.2 Å². The zero-order chi connectivity index (χ0) is 15.0. The second-order valence-corrected chi connectivity index (χ2v) is 7.11. The van der Waals surface area contributed by atoms with Crippen molar-refractivity contribution < 1.29 is 12.8 Å². The molecule has 0 spiro atoms. The van der Waals surface area contributed by atoms with Crippen molar-refractivity contribution in [2.24, 2.45) is 0 Å². The van der Waals surface area contributed by atoms with Crippen molar-refractivity contribution in [3.8, 4) is 0 Å². The molecule has 1 saturated heterocycles. The lowest BCUT2D eigenvalue weighted by Gasteiger charge is -2.16. The van der Waals surface area contributed by atoms with Crippen LogP contribution in [-0.4, -0.2) is 40.8 Å². The SMILES string of the molecule is O=S(=O)(c1ccc(F)c(Cl)c1)N1CCC(n2ccnn2)C1. The van der Waals surface area contributed by atoms with Gasteiger partial charge in [0.2, 0.25) is 10.0 Å². The Morgan fingerprint density at radius 2 is 2.19 bits per heavy atom. The van der Waals surface area contributed by atoms with Crippen molar-refractivity contribution >= 4 is 21.6 Å². The zero-order valence-corrected chi connectivity index (χ0v) is 12.4. The van der Waals surface area contributed by atoms with Gasteiger partial charge >= 0.3 is 0 Å². The maximum atomic E-state index is 13.2. The molecule has 2 heterocycles. The summed E-state index contributed by atoms with van der Waals surface area (Å²) in [6, 6.07) is 3.37. The van der Waals surface area contributed by atoms with Crippen LogP contribution in [0.2, 0.25) is 5.02 Å². The molecule has 0 amide bonds. The van der Waals surface area contributed by atoms with Crippen LogP contribution in [0.5, 0.6) is 0 Å². The molecular formula is C12H12ClFN4O2S. The monoisotopic (exact) mass is 330 g/mol. The van der Waals surface area contributed by atoms with Crippen LogP contribution < -0.4 is 0 Å². The lowest BCUT2D eigenvalue weighted by molar-refractivity contribution is 0.428. The molecule has 6 nitrogen and oxygen atoms in total. The van der Waals surface area contributed by atoms with Crippen LogP contribution in [0, 0.1) is 5.82 Å². The van der Waals surface area contributed by atoms with Gasteiger partial charge < -0.3 is 0 Å². The van der Waals surface area contributed by atoms with Gasteiger partial charge in [-0.25, -0.2) is 17.5 Å². The Morgan fingerprint density at radius 3 is 2.86 bits per heavy atom. The van der Waals surface area contributed by atoms with E-state index in [1.54, 1.807) is 17.1 Å². The smallest absolute Gasteiger partial charge is 0.243 e. The molecular weight excluding hydrogens is 319 g/mol. The number of sulfonamides is 1. The van der Waals surface area contributed by atoms with Gasteiger partial charge in [-0.05, 0) is 24.6 Å². The van der Waals surface area contributed by atoms with Crippen LogP contribution >= 0.6 is 11.6 Å². The molecule has 0 N–H and O–H groups in total. The first-order chi connectivity index (χ1) is 9.98. The van der Waals surface area contributed by atoms with Crippen LogP contribution in [-0.2, 0) is 10.0 Å². The molecule has 0 bridgehead atoms. The molecule has 3 rings (SSSR count). The fraction of sp³-hybridized carbons (Fsp3) is 0.333. The summed E-state index contributed by atoms with van der Waals surface area (Å²) in [5.41, 5.74) is 0. The van der Waals surface area contributed by atoms with E-state index in [4.69, 9.17) is 11.6 Å². The van der Waals surface area contributed by atoms with Gasteiger partial charge in [0.15, 0.2) is 0 Å². The van der Waals surface area contributed by atoms with E-state index in [0.717, 1.165) is 12.1 Å². The van der Waals surface area contributed by atoms with Gasteiger partial charge in [-0.3, -0.25) is 0 Å². The fourth-order valence-electron chi connectivity index (χ4n) is 2.34. The molecule has 2 aromatic rings. The molecule has 1 aliphatic heterocycles. The Labute approximate surface area is 126 Å². The van der Waals surface area contributed by atoms with Crippen molar-refractivity contribution in [3.05, 3.63) is 41.4 Å². The summed E-state index contributed by atoms with van der Waals surface area (Å²) in [6.45, 7) is 0.683. The number of aromatic nitrogens is 3. The Kier molecular flexibility index (Phi) is 3.68. The molecule has 0 aliphatic carbocycles. The highest BCUT2D eigenvalue weighted by Gasteiger charge is 2.33. The summed E-state index contributed by atoms with van der Waals surface area (Å²) < 4.78 is 41.2. The predicted octanol–water partition coefficient (Wildman–Crippen LogP) is 1.71. The number of hydrogen-bond acceptors (Lipinski definition) is 4. The van der Waals surface area contributed by atoms with Gasteiger partial charge in [0.1, 0.15) is 5.82 Å². The highest BCUT2D eigenvalue weighted by molar-refractivity contribution is 7.89. The summed E-state index contributed by atoms with van der Waals surface area (Å²) in [5.74, 6) is -0.641. The van der Waals surface area contributed by atoms with E-state index in [0.29, 0.717) is 19.5 Å². The average molecular weight is 331 g/mol. The third kappa shape index (κ3) is 2.66. The van der Waals surface area contributed by atoms with E-state index in [-0.39, 0.29) is 16.0 Å². The van der Waals surface area contributed by atoms with Crippen LogP contribution in [0.1, 0.15) is 12.5 Å². The first-order valence-corrected chi connectivity index (χ1v) is 8.11. The summed E-state index contributed by atoms with van der Waals surface area (Å²) in [7, 11) is -3.68.